The second kappa shape index (κ2) is 7.83. The predicted molar refractivity (Wildman–Crippen MR) is 84.2 cm³/mol. The smallest absolute Gasteiger partial charge is 0.282 e. The van der Waals surface area contributed by atoms with Crippen molar-refractivity contribution in [2.45, 2.75) is 4.90 Å². The van der Waals surface area contributed by atoms with Crippen LogP contribution >= 0.6 is 0 Å². The lowest BCUT2D eigenvalue weighted by molar-refractivity contribution is -0.498. The van der Waals surface area contributed by atoms with Crippen LogP contribution in [0.5, 0.6) is 0 Å². The van der Waals surface area contributed by atoms with Crippen LogP contribution in [0.25, 0.3) is 0 Å². The Kier molecular flexibility index (Phi) is 6.30. The van der Waals surface area contributed by atoms with Gasteiger partial charge in [0.2, 0.25) is 0 Å². The van der Waals surface area contributed by atoms with E-state index in [4.69, 9.17) is 0 Å². The van der Waals surface area contributed by atoms with Crippen LogP contribution in [0.3, 0.4) is 0 Å². The fourth-order valence-electron chi connectivity index (χ4n) is 2.02. The highest BCUT2D eigenvalue weighted by Crippen LogP contribution is 2.23. The molecule has 0 radical (unpaired) electrons. The van der Waals surface area contributed by atoms with E-state index >= 15 is 0 Å². The lowest BCUT2D eigenvalue weighted by Gasteiger charge is -2.19. The monoisotopic (exact) mass is 390 g/mol. The molecule has 0 heterocycles. The van der Waals surface area contributed by atoms with Gasteiger partial charge in [0.25, 0.3) is 35.3 Å². The summed E-state index contributed by atoms with van der Waals surface area (Å²) in [6.07, 6.45) is 0. The summed E-state index contributed by atoms with van der Waals surface area (Å²) in [5, 5.41) is 21.1. The highest BCUT2D eigenvalue weighted by Gasteiger charge is 2.31. The fraction of sp³-hybridized carbons (Fsp3) is 0.333. The van der Waals surface area contributed by atoms with Gasteiger partial charge in [0.1, 0.15) is 4.90 Å². The number of benzene rings is 1. The van der Waals surface area contributed by atoms with Gasteiger partial charge in [-0.25, -0.2) is 0 Å². The maximum absolute atomic E-state index is 12.5. The van der Waals surface area contributed by atoms with Crippen LogP contribution in [0.15, 0.2) is 23.1 Å². The molecule has 1 aromatic rings. The topological polar surface area (TPSA) is 181 Å². The maximum atomic E-state index is 12.5. The molecule has 26 heavy (non-hydrogen) atoms. The first kappa shape index (κ1) is 20.9. The Hall–Kier alpha value is -3.13. The van der Waals surface area contributed by atoms with E-state index in [9.17, 15) is 42.8 Å². The van der Waals surface area contributed by atoms with E-state index in [2.05, 4.69) is 0 Å². The van der Waals surface area contributed by atoms with E-state index < -0.39 is 61.1 Å². The van der Waals surface area contributed by atoms with E-state index in [1.165, 1.54) is 0 Å². The molecule has 1 aromatic carbocycles. The van der Waals surface area contributed by atoms with Crippen LogP contribution in [-0.2, 0) is 10.1 Å². The molecule has 0 fully saturated rings. The normalized spacial score (nSPS) is 10.9. The zero-order valence-electron chi connectivity index (χ0n) is 13.6. The van der Waals surface area contributed by atoms with Crippen LogP contribution in [-0.4, -0.2) is 71.9 Å². The molecule has 13 nitrogen and oxygen atoms in total. The first-order valence-corrected chi connectivity index (χ1v) is 8.15. The van der Waals surface area contributed by atoms with Crippen molar-refractivity contribution in [3.05, 3.63) is 49.6 Å². The molecular formula is C12H14N4O9S. The van der Waals surface area contributed by atoms with Gasteiger partial charge in [0, 0.05) is 23.9 Å². The van der Waals surface area contributed by atoms with Crippen LogP contribution in [0.4, 0.5) is 0 Å². The molecule has 0 aliphatic carbocycles. The summed E-state index contributed by atoms with van der Waals surface area (Å²) in [5.41, 5.74) is -1.38. The molecular weight excluding hydrogens is 376 g/mol. The second-order valence-electron chi connectivity index (χ2n) is 5.11. The van der Waals surface area contributed by atoms with Gasteiger partial charge in [-0.3, -0.25) is 44.2 Å². The van der Waals surface area contributed by atoms with Gasteiger partial charge in [0.05, 0.1) is 11.1 Å². The summed E-state index contributed by atoms with van der Waals surface area (Å²) < 4.78 is 32.4. The Morgan fingerprint density at radius 2 is 1.50 bits per heavy atom. The molecule has 0 saturated heterocycles. The number of nitrogens with zero attached hydrogens (tertiary/aromatic N) is 4. The van der Waals surface area contributed by atoms with Crippen molar-refractivity contribution < 1.29 is 32.4 Å². The second-order valence-corrected chi connectivity index (χ2v) is 6.50. The Bertz CT molecular complexity index is 867. The zero-order chi connectivity index (χ0) is 20.2. The summed E-state index contributed by atoms with van der Waals surface area (Å²) in [6, 6.07) is 2.88. The molecule has 0 atom stereocenters. The summed E-state index contributed by atoms with van der Waals surface area (Å²) in [6.45, 7) is -1.94. The third kappa shape index (κ3) is 4.93. The summed E-state index contributed by atoms with van der Waals surface area (Å²) in [4.78, 5) is 44.4. The summed E-state index contributed by atoms with van der Waals surface area (Å²) in [7, 11) is -2.94. The van der Waals surface area contributed by atoms with Crippen molar-refractivity contribution in [2.24, 2.45) is 0 Å². The van der Waals surface area contributed by atoms with E-state index in [1.54, 1.807) is 0 Å². The largest absolute Gasteiger partial charge is 0.295 e. The first-order chi connectivity index (χ1) is 11.9. The predicted octanol–water partition coefficient (Wildman–Crippen LogP) is -0.454. The molecule has 0 aliphatic rings. The minimum atomic E-state index is -4.97. The number of carbonyl (C=O) groups is 2. The number of hydrogen-bond acceptors (Lipinski definition) is 8. The quantitative estimate of drug-likeness (QED) is 0.279. The van der Waals surface area contributed by atoms with Gasteiger partial charge in [-0.15, -0.1) is 0 Å². The molecule has 0 spiro atoms. The molecule has 0 saturated carbocycles. The SMILES string of the molecule is CN(C[N+](=O)[O-])C(=O)c1cccc(S(=O)(=O)O)c1C(=O)N(C)C[N+](=O)[O-]. The Morgan fingerprint density at radius 3 is 1.92 bits per heavy atom. The van der Waals surface area contributed by atoms with E-state index in [0.717, 1.165) is 32.3 Å². The third-order valence-electron chi connectivity index (χ3n) is 3.10. The van der Waals surface area contributed by atoms with Crippen LogP contribution in [0.1, 0.15) is 20.7 Å². The minimum Gasteiger partial charge on any atom is -0.282 e. The van der Waals surface area contributed by atoms with Crippen molar-refractivity contribution in [3.8, 4) is 0 Å². The van der Waals surface area contributed by atoms with Gasteiger partial charge >= 0.3 is 0 Å². The van der Waals surface area contributed by atoms with Crippen LogP contribution < -0.4 is 0 Å². The molecule has 0 aromatic heterocycles. The van der Waals surface area contributed by atoms with Gasteiger partial charge in [0.15, 0.2) is 0 Å². The summed E-state index contributed by atoms with van der Waals surface area (Å²) >= 11 is 0. The van der Waals surface area contributed by atoms with E-state index in [-0.39, 0.29) is 0 Å². The van der Waals surface area contributed by atoms with Crippen molar-refractivity contribution in [1.29, 1.82) is 0 Å². The zero-order valence-corrected chi connectivity index (χ0v) is 14.4. The van der Waals surface area contributed by atoms with Crippen LogP contribution in [0.2, 0.25) is 0 Å². The van der Waals surface area contributed by atoms with Gasteiger partial charge in [-0.2, -0.15) is 8.42 Å². The first-order valence-electron chi connectivity index (χ1n) is 6.71. The number of amides is 2. The molecule has 0 bridgehead atoms. The number of nitro groups is 2. The van der Waals surface area contributed by atoms with Gasteiger partial charge < -0.3 is 0 Å². The van der Waals surface area contributed by atoms with E-state index in [1.807, 2.05) is 0 Å². The van der Waals surface area contributed by atoms with Crippen molar-refractivity contribution >= 4 is 21.9 Å². The maximum Gasteiger partial charge on any atom is 0.295 e. The highest BCUT2D eigenvalue weighted by atomic mass is 32.2. The van der Waals surface area contributed by atoms with Crippen molar-refractivity contribution in [2.75, 3.05) is 27.4 Å². The van der Waals surface area contributed by atoms with Gasteiger partial charge in [-0.1, -0.05) is 6.07 Å². The molecule has 0 unspecified atom stereocenters. The Balaban J connectivity index is 3.57. The Labute approximate surface area is 146 Å². The molecule has 1 N–H and O–H groups in total. The molecule has 2 amide bonds. The lowest BCUT2D eigenvalue weighted by atomic mass is 10.1. The lowest BCUT2D eigenvalue weighted by Crippen LogP contribution is -2.37. The fourth-order valence-corrected chi connectivity index (χ4v) is 2.72. The summed E-state index contributed by atoms with van der Waals surface area (Å²) in [5.74, 6) is -2.31. The number of hydrogen-bond donors (Lipinski definition) is 1. The Morgan fingerprint density at radius 1 is 1.04 bits per heavy atom. The average molecular weight is 390 g/mol. The van der Waals surface area contributed by atoms with Crippen LogP contribution in [0, 0.1) is 20.2 Å². The van der Waals surface area contributed by atoms with Crippen molar-refractivity contribution in [3.63, 3.8) is 0 Å². The highest BCUT2D eigenvalue weighted by molar-refractivity contribution is 7.86. The number of carbonyl (C=O) groups excluding carboxylic acids is 2. The molecule has 142 valence electrons. The van der Waals surface area contributed by atoms with E-state index in [0.29, 0.717) is 9.80 Å². The van der Waals surface area contributed by atoms with Gasteiger partial charge in [-0.05, 0) is 12.1 Å². The average Bonchev–Trinajstić information content (AvgIpc) is 2.50. The minimum absolute atomic E-state index is 0.522. The van der Waals surface area contributed by atoms with Crippen molar-refractivity contribution in [1.82, 2.24) is 9.80 Å². The molecule has 1 rings (SSSR count). The molecule has 14 heteroatoms. The standard InChI is InChI=1S/C12H14N4O9S/c1-13(6-15(19)20)11(17)8-4-3-5-9(26(23,24)25)10(8)12(18)14(2)7-16(21)22/h3-5H,6-7H2,1-2H3,(H,23,24,25). The number of rotatable bonds is 7. The molecule has 0 aliphatic heterocycles. The third-order valence-corrected chi connectivity index (χ3v) is 3.99.